The van der Waals surface area contributed by atoms with Crippen molar-refractivity contribution in [1.29, 1.82) is 0 Å². The van der Waals surface area contributed by atoms with Crippen molar-refractivity contribution in [2.45, 2.75) is 44.9 Å². The zero-order chi connectivity index (χ0) is 11.8. The molecule has 16 heavy (non-hydrogen) atoms. The van der Waals surface area contributed by atoms with Gasteiger partial charge in [-0.1, -0.05) is 20.8 Å². The van der Waals surface area contributed by atoms with E-state index < -0.39 is 0 Å². The van der Waals surface area contributed by atoms with Crippen molar-refractivity contribution in [3.8, 4) is 0 Å². The first-order chi connectivity index (χ1) is 7.48. The Kier molecular flexibility index (Phi) is 3.06. The van der Waals surface area contributed by atoms with Crippen LogP contribution in [0.1, 0.15) is 51.0 Å². The Morgan fingerprint density at radius 3 is 2.44 bits per heavy atom. The van der Waals surface area contributed by atoms with Gasteiger partial charge in [0.15, 0.2) is 0 Å². The number of nitrogens with one attached hydrogen (secondary N) is 1. The van der Waals surface area contributed by atoms with Gasteiger partial charge in [-0.25, -0.2) is 4.98 Å². The van der Waals surface area contributed by atoms with Crippen molar-refractivity contribution in [2.24, 2.45) is 7.05 Å². The van der Waals surface area contributed by atoms with Gasteiger partial charge in [0.25, 0.3) is 0 Å². The standard InChI is InChI=1S/C13H23N3/c1-13(2,3)11-9-16(4)12(15-11)10-5-7-14-8-6-10/h9-10,14H,5-8H2,1-4H3. The lowest BCUT2D eigenvalue weighted by Crippen LogP contribution is -2.27. The van der Waals surface area contributed by atoms with E-state index in [9.17, 15) is 0 Å². The average Bonchev–Trinajstić information content (AvgIpc) is 2.61. The smallest absolute Gasteiger partial charge is 0.111 e. The second kappa shape index (κ2) is 4.21. The molecule has 1 aromatic heterocycles. The molecule has 0 aliphatic carbocycles. The monoisotopic (exact) mass is 221 g/mol. The van der Waals surface area contributed by atoms with Crippen LogP contribution in [0.15, 0.2) is 6.20 Å². The number of aromatic nitrogens is 2. The molecule has 1 saturated heterocycles. The molecule has 1 fully saturated rings. The predicted octanol–water partition coefficient (Wildman–Crippen LogP) is 2.18. The van der Waals surface area contributed by atoms with Gasteiger partial charge in [-0.05, 0) is 25.9 Å². The molecule has 0 unspecified atom stereocenters. The summed E-state index contributed by atoms with van der Waals surface area (Å²) < 4.78 is 2.22. The molecule has 3 heteroatoms. The minimum Gasteiger partial charge on any atom is -0.337 e. The fourth-order valence-electron chi connectivity index (χ4n) is 2.30. The van der Waals surface area contributed by atoms with Crippen molar-refractivity contribution in [3.05, 3.63) is 17.7 Å². The van der Waals surface area contributed by atoms with E-state index in [1.807, 2.05) is 0 Å². The summed E-state index contributed by atoms with van der Waals surface area (Å²) >= 11 is 0. The van der Waals surface area contributed by atoms with Crippen LogP contribution in [0.2, 0.25) is 0 Å². The van der Waals surface area contributed by atoms with Gasteiger partial charge in [0.2, 0.25) is 0 Å². The quantitative estimate of drug-likeness (QED) is 0.788. The van der Waals surface area contributed by atoms with E-state index in [-0.39, 0.29) is 5.41 Å². The van der Waals surface area contributed by atoms with E-state index in [1.54, 1.807) is 0 Å². The zero-order valence-electron chi connectivity index (χ0n) is 10.9. The first kappa shape index (κ1) is 11.6. The van der Waals surface area contributed by atoms with Crippen LogP contribution in [0.3, 0.4) is 0 Å². The van der Waals surface area contributed by atoms with Crippen LogP contribution < -0.4 is 5.32 Å². The summed E-state index contributed by atoms with van der Waals surface area (Å²) in [5.74, 6) is 1.91. The number of hydrogen-bond donors (Lipinski definition) is 1. The molecule has 1 N–H and O–H groups in total. The average molecular weight is 221 g/mol. The van der Waals surface area contributed by atoms with Crippen LogP contribution in [-0.2, 0) is 12.5 Å². The summed E-state index contributed by atoms with van der Waals surface area (Å²) in [5.41, 5.74) is 1.37. The third-order valence-corrected chi connectivity index (χ3v) is 3.39. The minimum atomic E-state index is 0.156. The number of imidazole rings is 1. The van der Waals surface area contributed by atoms with Gasteiger partial charge in [0.1, 0.15) is 5.82 Å². The highest BCUT2D eigenvalue weighted by atomic mass is 15.1. The SMILES string of the molecule is Cn1cc(C(C)(C)C)nc1C1CCNCC1. The van der Waals surface area contributed by atoms with Crippen molar-refractivity contribution < 1.29 is 0 Å². The lowest BCUT2D eigenvalue weighted by atomic mass is 9.93. The summed E-state index contributed by atoms with van der Waals surface area (Å²) in [7, 11) is 2.12. The minimum absolute atomic E-state index is 0.156. The summed E-state index contributed by atoms with van der Waals surface area (Å²) in [6.07, 6.45) is 4.63. The molecule has 0 spiro atoms. The Bertz CT molecular complexity index is 354. The number of nitrogens with zero attached hydrogens (tertiary/aromatic N) is 2. The molecule has 90 valence electrons. The van der Waals surface area contributed by atoms with Gasteiger partial charge in [-0.15, -0.1) is 0 Å². The van der Waals surface area contributed by atoms with Gasteiger partial charge in [-0.2, -0.15) is 0 Å². The molecule has 0 bridgehead atoms. The van der Waals surface area contributed by atoms with Crippen molar-refractivity contribution in [1.82, 2.24) is 14.9 Å². The fraction of sp³-hybridized carbons (Fsp3) is 0.769. The highest BCUT2D eigenvalue weighted by Gasteiger charge is 2.23. The first-order valence-corrected chi connectivity index (χ1v) is 6.23. The number of piperidine rings is 1. The maximum atomic E-state index is 4.84. The maximum Gasteiger partial charge on any atom is 0.111 e. The molecular weight excluding hydrogens is 198 g/mol. The van der Waals surface area contributed by atoms with Gasteiger partial charge >= 0.3 is 0 Å². The summed E-state index contributed by atoms with van der Waals surface area (Å²) in [4.78, 5) is 4.84. The van der Waals surface area contributed by atoms with E-state index >= 15 is 0 Å². The van der Waals surface area contributed by atoms with E-state index in [0.29, 0.717) is 5.92 Å². The molecule has 0 saturated carbocycles. The molecular formula is C13H23N3. The van der Waals surface area contributed by atoms with Gasteiger partial charge in [0.05, 0.1) is 5.69 Å². The van der Waals surface area contributed by atoms with Crippen LogP contribution in [0.5, 0.6) is 0 Å². The van der Waals surface area contributed by atoms with Crippen molar-refractivity contribution >= 4 is 0 Å². The van der Waals surface area contributed by atoms with E-state index in [2.05, 4.69) is 43.9 Å². The summed E-state index contributed by atoms with van der Waals surface area (Å²) in [6, 6.07) is 0. The molecule has 0 atom stereocenters. The molecule has 0 aromatic carbocycles. The first-order valence-electron chi connectivity index (χ1n) is 6.23. The van der Waals surface area contributed by atoms with Gasteiger partial charge in [-0.3, -0.25) is 0 Å². The second-order valence-corrected chi connectivity index (χ2v) is 5.87. The summed E-state index contributed by atoms with van der Waals surface area (Å²) in [5, 5.41) is 3.40. The largest absolute Gasteiger partial charge is 0.337 e. The van der Waals surface area contributed by atoms with Crippen LogP contribution in [0.4, 0.5) is 0 Å². The Labute approximate surface area is 98.3 Å². The van der Waals surface area contributed by atoms with Crippen LogP contribution >= 0.6 is 0 Å². The number of hydrogen-bond acceptors (Lipinski definition) is 2. The fourth-order valence-corrected chi connectivity index (χ4v) is 2.30. The molecule has 3 nitrogen and oxygen atoms in total. The molecule has 1 aliphatic heterocycles. The lowest BCUT2D eigenvalue weighted by molar-refractivity contribution is 0.436. The van der Waals surface area contributed by atoms with Gasteiger partial charge < -0.3 is 9.88 Å². The molecule has 2 heterocycles. The van der Waals surface area contributed by atoms with Crippen LogP contribution in [0, 0.1) is 0 Å². The normalized spacial score (nSPS) is 19.0. The number of aryl methyl sites for hydroxylation is 1. The predicted molar refractivity (Wildman–Crippen MR) is 66.8 cm³/mol. The van der Waals surface area contributed by atoms with Crippen LogP contribution in [-0.4, -0.2) is 22.6 Å². The van der Waals surface area contributed by atoms with E-state index in [1.165, 1.54) is 24.4 Å². The third kappa shape index (κ3) is 2.29. The highest BCUT2D eigenvalue weighted by molar-refractivity contribution is 5.15. The van der Waals surface area contributed by atoms with E-state index in [0.717, 1.165) is 13.1 Å². The zero-order valence-corrected chi connectivity index (χ0v) is 10.9. The Balaban J connectivity index is 2.24. The lowest BCUT2D eigenvalue weighted by Gasteiger charge is -2.22. The summed E-state index contributed by atoms with van der Waals surface area (Å²) in [6.45, 7) is 8.93. The Morgan fingerprint density at radius 1 is 1.31 bits per heavy atom. The van der Waals surface area contributed by atoms with Crippen molar-refractivity contribution in [3.63, 3.8) is 0 Å². The second-order valence-electron chi connectivity index (χ2n) is 5.87. The Morgan fingerprint density at radius 2 is 1.94 bits per heavy atom. The molecule has 0 radical (unpaired) electrons. The van der Waals surface area contributed by atoms with E-state index in [4.69, 9.17) is 4.98 Å². The van der Waals surface area contributed by atoms with Crippen LogP contribution in [0.25, 0.3) is 0 Å². The molecule has 2 rings (SSSR count). The third-order valence-electron chi connectivity index (χ3n) is 3.39. The molecule has 1 aromatic rings. The van der Waals surface area contributed by atoms with Crippen molar-refractivity contribution in [2.75, 3.05) is 13.1 Å². The Hall–Kier alpha value is -0.830. The highest BCUT2D eigenvalue weighted by Crippen LogP contribution is 2.27. The van der Waals surface area contributed by atoms with Gasteiger partial charge in [0, 0.05) is 24.6 Å². The number of rotatable bonds is 1. The molecule has 0 amide bonds. The molecule has 1 aliphatic rings. The topological polar surface area (TPSA) is 29.9 Å². The maximum absolute atomic E-state index is 4.84.